The van der Waals surface area contributed by atoms with Crippen molar-refractivity contribution < 1.29 is 33.3 Å². The molecule has 12 nitrogen and oxygen atoms in total. The van der Waals surface area contributed by atoms with Crippen molar-refractivity contribution in [3.63, 3.8) is 0 Å². The van der Waals surface area contributed by atoms with Crippen LogP contribution in [0.3, 0.4) is 0 Å². The quantitative estimate of drug-likeness (QED) is 0.171. The second kappa shape index (κ2) is 9.62. The van der Waals surface area contributed by atoms with Gasteiger partial charge in [-0.15, -0.1) is 23.1 Å². The Bertz CT molecular complexity index is 1430. The Labute approximate surface area is 212 Å². The van der Waals surface area contributed by atoms with Gasteiger partial charge in [0.05, 0.1) is 16.4 Å². The number of pyridine rings is 1. The zero-order valence-electron chi connectivity index (χ0n) is 18.9. The summed E-state index contributed by atoms with van der Waals surface area (Å²) in [5.74, 6) is -2.40. The molecule has 0 bridgehead atoms. The van der Waals surface area contributed by atoms with E-state index in [0.29, 0.717) is 11.3 Å². The summed E-state index contributed by atoms with van der Waals surface area (Å²) in [5.41, 5.74) is 6.66. The number of fused-ring (bicyclic) bond motifs is 2. The smallest absolute Gasteiger partial charge is 0.292 e. The van der Waals surface area contributed by atoms with Gasteiger partial charge in [0, 0.05) is 23.5 Å². The predicted octanol–water partition coefficient (Wildman–Crippen LogP) is -0.396. The summed E-state index contributed by atoms with van der Waals surface area (Å²) in [6.07, 6.45) is 3.01. The van der Waals surface area contributed by atoms with E-state index in [9.17, 15) is 19.5 Å². The van der Waals surface area contributed by atoms with E-state index in [1.807, 2.05) is 34.3 Å². The molecule has 2 aliphatic heterocycles. The fraction of sp³-hybridized carbons (Fsp3) is 0.273. The zero-order valence-corrected chi connectivity index (χ0v) is 20.5. The summed E-state index contributed by atoms with van der Waals surface area (Å²) in [6.45, 7) is 2.17. The highest BCUT2D eigenvalue weighted by Gasteiger charge is 2.53. The number of nitrogens with two attached hydrogens (primary N) is 1. The maximum Gasteiger partial charge on any atom is 0.292 e. The lowest BCUT2D eigenvalue weighted by molar-refractivity contribution is -0.663. The number of thiophene rings is 1. The molecule has 186 valence electrons. The number of carboxylic acid groups (broad SMARTS) is 1. The third-order valence-corrected chi connectivity index (χ3v) is 7.86. The number of thioether (sulfide) groups is 1. The maximum atomic E-state index is 13.0. The van der Waals surface area contributed by atoms with Crippen molar-refractivity contribution in [2.75, 3.05) is 18.1 Å². The Morgan fingerprint density at radius 1 is 1.44 bits per heavy atom. The van der Waals surface area contributed by atoms with Crippen molar-refractivity contribution in [1.82, 2.24) is 15.2 Å². The van der Waals surface area contributed by atoms with Crippen LogP contribution in [-0.2, 0) is 25.8 Å². The molecule has 3 aromatic heterocycles. The number of carbonyl (C=O) groups excluding carboxylic acids is 3. The number of amides is 2. The number of nitrogen functional groups attached to an aromatic ring is 1. The minimum atomic E-state index is -1.44. The van der Waals surface area contributed by atoms with Crippen LogP contribution in [0.5, 0.6) is 0 Å². The molecule has 5 rings (SSSR count). The number of carbonyl (C=O) groups is 3. The number of aromatic nitrogens is 2. The van der Waals surface area contributed by atoms with Gasteiger partial charge in [-0.2, -0.15) is 9.55 Å². The Balaban J connectivity index is 1.37. The van der Waals surface area contributed by atoms with Crippen LogP contribution in [0, 0.1) is 0 Å². The van der Waals surface area contributed by atoms with Gasteiger partial charge in [-0.05, 0) is 18.4 Å². The van der Waals surface area contributed by atoms with Crippen LogP contribution in [0.2, 0.25) is 0 Å². The number of hydrogen-bond acceptors (Lipinski definition) is 11. The number of carboxylic acids is 1. The van der Waals surface area contributed by atoms with E-state index in [-0.39, 0.29) is 36.3 Å². The number of aliphatic carboxylic acids is 1. The lowest BCUT2D eigenvalue weighted by Gasteiger charge is -2.50. The van der Waals surface area contributed by atoms with E-state index < -0.39 is 29.2 Å². The highest BCUT2D eigenvalue weighted by Crippen LogP contribution is 2.40. The summed E-state index contributed by atoms with van der Waals surface area (Å²) >= 11 is 2.94. The molecule has 1 unspecified atom stereocenters. The van der Waals surface area contributed by atoms with Crippen LogP contribution >= 0.6 is 23.1 Å². The standard InChI is InChI=1S/C22H20N6O6S2/c1-2-34-26-15(12-9-33-22(23)24-12)18(29)25-16-19(30)28-17(21(31)32)11(10-36-20(16)28)8-27-6-3-4-14-13(27)5-7-35-14/h3-7,9,16,20H,2,8,10H2,1H3,(H3-,23,24,25,29,31,32)/t16?,20-/m0/s1. The Hall–Kier alpha value is -3.91. The summed E-state index contributed by atoms with van der Waals surface area (Å²) < 4.78 is 7.95. The van der Waals surface area contributed by atoms with Gasteiger partial charge in [-0.25, -0.2) is 0 Å². The number of nitrogens with zero attached hydrogens (tertiary/aromatic N) is 4. The number of hydrogen-bond donors (Lipinski definition) is 2. The van der Waals surface area contributed by atoms with Crippen LogP contribution in [0.4, 0.5) is 6.01 Å². The van der Waals surface area contributed by atoms with E-state index >= 15 is 0 Å². The van der Waals surface area contributed by atoms with Crippen molar-refractivity contribution in [1.29, 1.82) is 0 Å². The molecular weight excluding hydrogens is 508 g/mol. The van der Waals surface area contributed by atoms with Gasteiger partial charge in [0.1, 0.15) is 30.0 Å². The number of anilines is 1. The molecule has 1 fully saturated rings. The van der Waals surface area contributed by atoms with Gasteiger partial charge in [0.2, 0.25) is 5.52 Å². The Morgan fingerprint density at radius 2 is 2.28 bits per heavy atom. The second-order valence-corrected chi connectivity index (χ2v) is 9.89. The molecule has 1 saturated heterocycles. The topological polar surface area (TPSA) is 167 Å². The van der Waals surface area contributed by atoms with Gasteiger partial charge in [-0.3, -0.25) is 14.5 Å². The van der Waals surface area contributed by atoms with Gasteiger partial charge in [0.15, 0.2) is 18.5 Å². The van der Waals surface area contributed by atoms with Crippen LogP contribution in [0.1, 0.15) is 12.6 Å². The minimum Gasteiger partial charge on any atom is -0.543 e. The zero-order chi connectivity index (χ0) is 25.4. The molecule has 5 heterocycles. The summed E-state index contributed by atoms with van der Waals surface area (Å²) in [5, 5.41) is 19.8. The molecular formula is C22H20N6O6S2. The molecule has 0 aromatic carbocycles. The molecule has 14 heteroatoms. The van der Waals surface area contributed by atoms with E-state index in [1.54, 1.807) is 18.3 Å². The van der Waals surface area contributed by atoms with Crippen LogP contribution < -0.4 is 20.7 Å². The first-order valence-electron chi connectivity index (χ1n) is 10.8. The van der Waals surface area contributed by atoms with Crippen molar-refractivity contribution in [2.24, 2.45) is 5.16 Å². The predicted molar refractivity (Wildman–Crippen MR) is 128 cm³/mol. The fourth-order valence-electron chi connectivity index (χ4n) is 4.07. The first kappa shape index (κ1) is 23.8. The molecule has 3 aromatic rings. The highest BCUT2D eigenvalue weighted by molar-refractivity contribution is 8.00. The normalized spacial score (nSPS) is 19.8. The molecule has 2 amide bonds. The Morgan fingerprint density at radius 3 is 3.00 bits per heavy atom. The first-order valence-corrected chi connectivity index (χ1v) is 12.8. The molecule has 36 heavy (non-hydrogen) atoms. The lowest BCUT2D eigenvalue weighted by Crippen LogP contribution is -2.71. The van der Waals surface area contributed by atoms with Gasteiger partial charge in [-0.1, -0.05) is 5.16 Å². The Kier molecular flexibility index (Phi) is 6.36. The number of β-lactam (4-membered cyclic amide) rings is 1. The second-order valence-electron chi connectivity index (χ2n) is 7.84. The summed E-state index contributed by atoms with van der Waals surface area (Å²) in [6, 6.07) is 4.70. The SMILES string of the molecule is CCON=C(C(=O)NC1C(=O)N2C(C(=O)[O-])=C(C[n+]3cccc4sccc43)CS[C@@H]12)c1coc(N)n1. The molecule has 0 aliphatic carbocycles. The van der Waals surface area contributed by atoms with Crippen molar-refractivity contribution in [3.8, 4) is 0 Å². The fourth-order valence-corrected chi connectivity index (χ4v) is 6.21. The molecule has 3 N–H and O–H groups in total. The van der Waals surface area contributed by atoms with E-state index in [1.165, 1.54) is 16.7 Å². The summed E-state index contributed by atoms with van der Waals surface area (Å²) in [7, 11) is 0. The molecule has 0 spiro atoms. The van der Waals surface area contributed by atoms with Crippen LogP contribution in [0.25, 0.3) is 10.2 Å². The summed E-state index contributed by atoms with van der Waals surface area (Å²) in [4.78, 5) is 48.1. The van der Waals surface area contributed by atoms with Crippen molar-refractivity contribution >= 4 is 62.8 Å². The number of oxime groups is 1. The number of nitrogens with one attached hydrogen (secondary N) is 1. The van der Waals surface area contributed by atoms with E-state index in [0.717, 1.165) is 16.5 Å². The minimum absolute atomic E-state index is 0.0376. The average molecular weight is 529 g/mol. The lowest BCUT2D eigenvalue weighted by atomic mass is 10.0. The monoisotopic (exact) mass is 528 g/mol. The van der Waals surface area contributed by atoms with Crippen LogP contribution in [0.15, 0.2) is 56.9 Å². The van der Waals surface area contributed by atoms with E-state index in [2.05, 4.69) is 15.5 Å². The third-order valence-electron chi connectivity index (χ3n) is 5.65. The first-order chi connectivity index (χ1) is 17.4. The van der Waals surface area contributed by atoms with Gasteiger partial charge < -0.3 is 30.2 Å². The molecule has 2 aliphatic rings. The maximum absolute atomic E-state index is 13.0. The highest BCUT2D eigenvalue weighted by atomic mass is 32.2. The van der Waals surface area contributed by atoms with Gasteiger partial charge in [0.25, 0.3) is 17.8 Å². The number of rotatable bonds is 8. The number of oxazole rings is 1. The van der Waals surface area contributed by atoms with Crippen molar-refractivity contribution in [2.45, 2.75) is 24.9 Å². The van der Waals surface area contributed by atoms with Crippen molar-refractivity contribution in [3.05, 3.63) is 53.0 Å². The van der Waals surface area contributed by atoms with Gasteiger partial charge >= 0.3 is 0 Å². The third kappa shape index (κ3) is 4.18. The average Bonchev–Trinajstić information content (AvgIpc) is 3.52. The van der Waals surface area contributed by atoms with Crippen LogP contribution in [-0.4, -0.2) is 57.2 Å². The molecule has 2 atom stereocenters. The largest absolute Gasteiger partial charge is 0.543 e. The molecule has 0 radical (unpaired) electrons. The van der Waals surface area contributed by atoms with E-state index in [4.69, 9.17) is 15.0 Å². The molecule has 0 saturated carbocycles.